The Morgan fingerprint density at radius 2 is 1.94 bits per heavy atom. The smallest absolute Gasteiger partial charge is 0.242 e. The molecule has 0 radical (unpaired) electrons. The molecule has 92 valence electrons. The average molecular weight is 253 g/mol. The number of nitrogens with two attached hydrogens (primary N) is 1. The molecule has 0 saturated carbocycles. The fourth-order valence-corrected chi connectivity index (χ4v) is 2.88. The Bertz CT molecular complexity index is 565. The van der Waals surface area contributed by atoms with Crippen LogP contribution in [-0.4, -0.2) is 14.0 Å². The zero-order valence-electron chi connectivity index (χ0n) is 9.98. The Balaban J connectivity index is 3.31. The Morgan fingerprint density at radius 1 is 1.35 bits per heavy atom. The molecule has 1 aromatic carbocycles. The largest absolute Gasteiger partial charge is 0.399 e. The molecule has 0 aliphatic carbocycles. The molecule has 0 aliphatic heterocycles. The minimum absolute atomic E-state index is 0.0433. The molecule has 0 aromatic heterocycles. The van der Waals surface area contributed by atoms with Crippen molar-refractivity contribution >= 4 is 15.7 Å². The number of nitrogens with one attached hydrogen (secondary N) is 1. The topological polar surface area (TPSA) is 96.0 Å². The van der Waals surface area contributed by atoms with E-state index in [9.17, 15) is 8.42 Å². The zero-order chi connectivity index (χ0) is 13.3. The lowest BCUT2D eigenvalue weighted by atomic mass is 10.1. The van der Waals surface area contributed by atoms with Crippen molar-refractivity contribution in [2.75, 3.05) is 5.73 Å². The summed E-state index contributed by atoms with van der Waals surface area (Å²) >= 11 is 0. The summed E-state index contributed by atoms with van der Waals surface area (Å²) < 4.78 is 26.6. The summed E-state index contributed by atoms with van der Waals surface area (Å²) in [7, 11) is -3.71. The predicted molar refractivity (Wildman–Crippen MR) is 65.6 cm³/mol. The molecule has 17 heavy (non-hydrogen) atoms. The van der Waals surface area contributed by atoms with Crippen molar-refractivity contribution in [3.05, 3.63) is 23.8 Å². The van der Waals surface area contributed by atoms with E-state index in [4.69, 9.17) is 11.0 Å². The summed E-state index contributed by atoms with van der Waals surface area (Å²) in [5.74, 6) is 0. The molecule has 0 amide bonds. The molecule has 0 aliphatic rings. The van der Waals surface area contributed by atoms with Crippen molar-refractivity contribution < 1.29 is 8.42 Å². The third-order valence-corrected chi connectivity index (χ3v) is 3.67. The molecule has 5 nitrogen and oxygen atoms in total. The maximum atomic E-state index is 12.0. The van der Waals surface area contributed by atoms with E-state index in [1.54, 1.807) is 20.8 Å². The number of hydrogen-bond donors (Lipinski definition) is 2. The van der Waals surface area contributed by atoms with E-state index in [1.807, 2.05) is 6.07 Å². The van der Waals surface area contributed by atoms with Gasteiger partial charge in [-0.05, 0) is 39.0 Å². The van der Waals surface area contributed by atoms with E-state index >= 15 is 0 Å². The summed E-state index contributed by atoms with van der Waals surface area (Å²) in [6, 6.07) is 5.97. The van der Waals surface area contributed by atoms with Crippen LogP contribution in [0.5, 0.6) is 0 Å². The summed E-state index contributed by atoms with van der Waals surface area (Å²) in [6.45, 7) is 5.19. The fourth-order valence-electron chi connectivity index (χ4n) is 1.33. The first-order valence-electron chi connectivity index (χ1n) is 4.99. The van der Waals surface area contributed by atoms with Gasteiger partial charge in [-0.25, -0.2) is 13.1 Å². The fraction of sp³-hybridized carbons (Fsp3) is 0.364. The number of hydrogen-bond acceptors (Lipinski definition) is 4. The lowest BCUT2D eigenvalue weighted by Gasteiger charge is -2.20. The lowest BCUT2D eigenvalue weighted by molar-refractivity contribution is 0.491. The van der Waals surface area contributed by atoms with Crippen LogP contribution in [0.4, 0.5) is 5.69 Å². The molecule has 1 aromatic rings. The monoisotopic (exact) mass is 253 g/mol. The molecule has 0 spiro atoms. The minimum atomic E-state index is -3.71. The van der Waals surface area contributed by atoms with Crippen LogP contribution in [0, 0.1) is 11.3 Å². The molecule has 6 heteroatoms. The average Bonchev–Trinajstić information content (AvgIpc) is 2.13. The maximum Gasteiger partial charge on any atom is 0.242 e. The number of anilines is 1. The molecule has 0 unspecified atom stereocenters. The highest BCUT2D eigenvalue weighted by molar-refractivity contribution is 7.89. The second-order valence-corrected chi connectivity index (χ2v) is 6.37. The quantitative estimate of drug-likeness (QED) is 0.774. The molecule has 0 heterocycles. The number of benzene rings is 1. The Kier molecular flexibility index (Phi) is 3.45. The second kappa shape index (κ2) is 4.35. The van der Waals surface area contributed by atoms with Crippen LogP contribution in [0.25, 0.3) is 0 Å². The number of nitrogens with zero attached hydrogens (tertiary/aromatic N) is 1. The van der Waals surface area contributed by atoms with Gasteiger partial charge in [0, 0.05) is 11.2 Å². The van der Waals surface area contributed by atoms with Gasteiger partial charge < -0.3 is 5.73 Å². The highest BCUT2D eigenvalue weighted by Crippen LogP contribution is 2.19. The summed E-state index contributed by atoms with van der Waals surface area (Å²) in [5.41, 5.74) is 5.30. The van der Waals surface area contributed by atoms with Crippen LogP contribution >= 0.6 is 0 Å². The second-order valence-electron chi connectivity index (χ2n) is 4.72. The predicted octanol–water partition coefficient (Wildman–Crippen LogP) is 1.22. The lowest BCUT2D eigenvalue weighted by Crippen LogP contribution is -2.40. The van der Waals surface area contributed by atoms with E-state index in [2.05, 4.69) is 4.72 Å². The summed E-state index contributed by atoms with van der Waals surface area (Å²) in [5, 5.41) is 8.91. The van der Waals surface area contributed by atoms with E-state index in [0.717, 1.165) is 0 Å². The number of nitrogen functional groups attached to an aromatic ring is 1. The zero-order valence-corrected chi connectivity index (χ0v) is 10.8. The molecule has 0 fully saturated rings. The van der Waals surface area contributed by atoms with Crippen LogP contribution in [0.1, 0.15) is 26.3 Å². The molecular formula is C11H15N3O2S. The van der Waals surface area contributed by atoms with Crippen LogP contribution in [0.15, 0.2) is 23.1 Å². The Hall–Kier alpha value is -1.58. The van der Waals surface area contributed by atoms with Gasteiger partial charge in [0.05, 0.1) is 10.5 Å². The van der Waals surface area contributed by atoms with Gasteiger partial charge in [0.1, 0.15) is 6.07 Å². The van der Waals surface area contributed by atoms with Gasteiger partial charge in [0.2, 0.25) is 10.0 Å². The van der Waals surface area contributed by atoms with Crippen molar-refractivity contribution in [3.63, 3.8) is 0 Å². The van der Waals surface area contributed by atoms with Crippen LogP contribution in [0.2, 0.25) is 0 Å². The molecule has 0 bridgehead atoms. The van der Waals surface area contributed by atoms with Crippen molar-refractivity contribution in [1.29, 1.82) is 5.26 Å². The van der Waals surface area contributed by atoms with Crippen molar-refractivity contribution in [3.8, 4) is 6.07 Å². The first kappa shape index (κ1) is 13.5. The van der Waals surface area contributed by atoms with Gasteiger partial charge in [0.25, 0.3) is 0 Å². The first-order valence-corrected chi connectivity index (χ1v) is 6.48. The first-order chi connectivity index (χ1) is 7.65. The highest BCUT2D eigenvalue weighted by Gasteiger charge is 2.24. The van der Waals surface area contributed by atoms with E-state index in [1.165, 1.54) is 18.2 Å². The minimum Gasteiger partial charge on any atom is -0.399 e. The maximum absolute atomic E-state index is 12.0. The third-order valence-electron chi connectivity index (χ3n) is 1.85. The van der Waals surface area contributed by atoms with E-state index < -0.39 is 15.6 Å². The van der Waals surface area contributed by atoms with Crippen molar-refractivity contribution in [2.24, 2.45) is 0 Å². The SMILES string of the molecule is CC(C)(C)NS(=O)(=O)c1ccc(N)cc1C#N. The Morgan fingerprint density at radius 3 is 2.41 bits per heavy atom. The van der Waals surface area contributed by atoms with Crippen LogP contribution < -0.4 is 10.5 Å². The van der Waals surface area contributed by atoms with Crippen LogP contribution in [0.3, 0.4) is 0 Å². The normalized spacial score (nSPS) is 12.1. The Labute approximate surface area is 101 Å². The van der Waals surface area contributed by atoms with Crippen LogP contribution in [-0.2, 0) is 10.0 Å². The summed E-state index contributed by atoms with van der Waals surface area (Å²) in [6.07, 6.45) is 0. The summed E-state index contributed by atoms with van der Waals surface area (Å²) in [4.78, 5) is -0.0517. The standard InChI is InChI=1S/C11H15N3O2S/c1-11(2,3)14-17(15,16)10-5-4-9(13)6-8(10)7-12/h4-6,14H,13H2,1-3H3. The van der Waals surface area contributed by atoms with Gasteiger partial charge in [0.15, 0.2) is 0 Å². The molecular weight excluding hydrogens is 238 g/mol. The van der Waals surface area contributed by atoms with Gasteiger partial charge in [-0.1, -0.05) is 0 Å². The van der Waals surface area contributed by atoms with Gasteiger partial charge in [-0.2, -0.15) is 5.26 Å². The highest BCUT2D eigenvalue weighted by atomic mass is 32.2. The number of rotatable bonds is 2. The van der Waals surface area contributed by atoms with Gasteiger partial charge in [-0.3, -0.25) is 0 Å². The van der Waals surface area contributed by atoms with Crippen molar-refractivity contribution in [2.45, 2.75) is 31.2 Å². The van der Waals surface area contributed by atoms with E-state index in [0.29, 0.717) is 5.69 Å². The van der Waals surface area contributed by atoms with Crippen molar-refractivity contribution in [1.82, 2.24) is 4.72 Å². The van der Waals surface area contributed by atoms with E-state index in [-0.39, 0.29) is 10.5 Å². The number of sulfonamides is 1. The molecule has 3 N–H and O–H groups in total. The molecule has 1 rings (SSSR count). The molecule has 0 saturated heterocycles. The van der Waals surface area contributed by atoms with Gasteiger partial charge >= 0.3 is 0 Å². The van der Waals surface area contributed by atoms with Gasteiger partial charge in [-0.15, -0.1) is 0 Å². The third kappa shape index (κ3) is 3.44. The molecule has 0 atom stereocenters. The number of nitriles is 1.